The Morgan fingerprint density at radius 1 is 1.28 bits per heavy atom. The largest absolute Gasteiger partial charge is 0.491 e. The van der Waals surface area contributed by atoms with Gasteiger partial charge < -0.3 is 19.9 Å². The van der Waals surface area contributed by atoms with Crippen LogP contribution in [0.25, 0.3) is 0 Å². The van der Waals surface area contributed by atoms with Gasteiger partial charge in [-0.1, -0.05) is 18.2 Å². The molecule has 0 heterocycles. The number of ether oxygens (including phenoxy) is 2. The van der Waals surface area contributed by atoms with E-state index in [9.17, 15) is 5.11 Å². The molecule has 2 N–H and O–H groups in total. The standard InChI is InChI=1S/C14H23NO3/c1-12(8-9-17-2)15-10-13(16)11-18-14-6-4-3-5-7-14/h3-7,12-13,15-16H,8-11H2,1-2H3. The number of aliphatic hydroxyl groups excluding tert-OH is 1. The molecule has 0 aliphatic heterocycles. The SMILES string of the molecule is COCCC(C)NCC(O)COc1ccccc1. The van der Waals surface area contributed by atoms with E-state index in [4.69, 9.17) is 9.47 Å². The monoisotopic (exact) mass is 253 g/mol. The van der Waals surface area contributed by atoms with E-state index in [1.165, 1.54) is 0 Å². The molecule has 0 aliphatic rings. The maximum Gasteiger partial charge on any atom is 0.119 e. The van der Waals surface area contributed by atoms with E-state index < -0.39 is 6.10 Å². The van der Waals surface area contributed by atoms with Gasteiger partial charge in [0.1, 0.15) is 18.5 Å². The van der Waals surface area contributed by atoms with Gasteiger partial charge in [0.2, 0.25) is 0 Å². The van der Waals surface area contributed by atoms with E-state index in [2.05, 4.69) is 12.2 Å². The summed E-state index contributed by atoms with van der Waals surface area (Å²) in [6.07, 6.45) is 0.429. The number of hydrogen-bond acceptors (Lipinski definition) is 4. The van der Waals surface area contributed by atoms with Crippen LogP contribution in [0, 0.1) is 0 Å². The zero-order valence-electron chi connectivity index (χ0n) is 11.1. The van der Waals surface area contributed by atoms with Gasteiger partial charge in [0.25, 0.3) is 0 Å². The molecule has 2 atom stereocenters. The van der Waals surface area contributed by atoms with E-state index >= 15 is 0 Å². The maximum atomic E-state index is 9.77. The molecule has 0 amide bonds. The van der Waals surface area contributed by atoms with Crippen LogP contribution in [0.15, 0.2) is 30.3 Å². The van der Waals surface area contributed by atoms with Crippen molar-refractivity contribution in [1.82, 2.24) is 5.32 Å². The summed E-state index contributed by atoms with van der Waals surface area (Å²) in [6, 6.07) is 9.83. The van der Waals surface area contributed by atoms with Crippen LogP contribution in [0.5, 0.6) is 5.75 Å². The van der Waals surface area contributed by atoms with Crippen molar-refractivity contribution in [1.29, 1.82) is 0 Å². The number of benzene rings is 1. The molecule has 0 aromatic heterocycles. The van der Waals surface area contributed by atoms with Crippen molar-refractivity contribution in [2.45, 2.75) is 25.5 Å². The highest BCUT2D eigenvalue weighted by Crippen LogP contribution is 2.08. The number of methoxy groups -OCH3 is 1. The highest BCUT2D eigenvalue weighted by Gasteiger charge is 2.07. The van der Waals surface area contributed by atoms with Gasteiger partial charge in [-0.3, -0.25) is 0 Å². The minimum atomic E-state index is -0.504. The Labute approximate surface area is 109 Å². The Bertz CT molecular complexity index is 305. The van der Waals surface area contributed by atoms with Crippen molar-refractivity contribution in [3.8, 4) is 5.75 Å². The Balaban J connectivity index is 2.12. The number of hydrogen-bond donors (Lipinski definition) is 2. The second kappa shape index (κ2) is 8.91. The summed E-state index contributed by atoms with van der Waals surface area (Å²) < 4.78 is 10.5. The van der Waals surface area contributed by atoms with Crippen LogP contribution in [-0.2, 0) is 4.74 Å². The average Bonchev–Trinajstić information content (AvgIpc) is 2.41. The zero-order chi connectivity index (χ0) is 13.2. The third-order valence-electron chi connectivity index (χ3n) is 2.64. The van der Waals surface area contributed by atoms with Crippen molar-refractivity contribution in [3.05, 3.63) is 30.3 Å². The van der Waals surface area contributed by atoms with E-state index in [0.29, 0.717) is 19.2 Å². The molecular weight excluding hydrogens is 230 g/mol. The molecule has 0 aliphatic carbocycles. The number of aliphatic hydroxyl groups is 1. The molecule has 0 saturated carbocycles. The lowest BCUT2D eigenvalue weighted by Gasteiger charge is -2.17. The zero-order valence-corrected chi connectivity index (χ0v) is 11.1. The highest BCUT2D eigenvalue weighted by molar-refractivity contribution is 5.20. The lowest BCUT2D eigenvalue weighted by Crippen LogP contribution is -2.37. The normalized spacial score (nSPS) is 14.2. The van der Waals surface area contributed by atoms with Crippen molar-refractivity contribution in [2.24, 2.45) is 0 Å². The molecule has 0 saturated heterocycles. The van der Waals surface area contributed by atoms with Crippen LogP contribution in [0.4, 0.5) is 0 Å². The molecule has 4 nitrogen and oxygen atoms in total. The molecule has 0 bridgehead atoms. The van der Waals surface area contributed by atoms with Gasteiger partial charge in [-0.15, -0.1) is 0 Å². The third-order valence-corrected chi connectivity index (χ3v) is 2.64. The van der Waals surface area contributed by atoms with Crippen molar-refractivity contribution in [3.63, 3.8) is 0 Å². The van der Waals surface area contributed by atoms with Crippen LogP contribution >= 0.6 is 0 Å². The highest BCUT2D eigenvalue weighted by atomic mass is 16.5. The minimum Gasteiger partial charge on any atom is -0.491 e. The van der Waals surface area contributed by atoms with Gasteiger partial charge in [-0.05, 0) is 25.5 Å². The van der Waals surface area contributed by atoms with E-state index in [-0.39, 0.29) is 0 Å². The van der Waals surface area contributed by atoms with Gasteiger partial charge in [0.05, 0.1) is 0 Å². The summed E-state index contributed by atoms with van der Waals surface area (Å²) in [4.78, 5) is 0. The van der Waals surface area contributed by atoms with E-state index in [1.54, 1.807) is 7.11 Å². The van der Waals surface area contributed by atoms with E-state index in [0.717, 1.165) is 18.8 Å². The smallest absolute Gasteiger partial charge is 0.119 e. The first-order chi connectivity index (χ1) is 8.72. The van der Waals surface area contributed by atoms with Crippen molar-refractivity contribution >= 4 is 0 Å². The first-order valence-electron chi connectivity index (χ1n) is 6.30. The molecule has 18 heavy (non-hydrogen) atoms. The molecule has 0 spiro atoms. The van der Waals surface area contributed by atoms with Gasteiger partial charge in [-0.2, -0.15) is 0 Å². The predicted molar refractivity (Wildman–Crippen MR) is 71.9 cm³/mol. The van der Waals surface area contributed by atoms with Crippen molar-refractivity contribution < 1.29 is 14.6 Å². The summed E-state index contributed by atoms with van der Waals surface area (Å²) in [7, 11) is 1.69. The summed E-state index contributed by atoms with van der Waals surface area (Å²) in [5.74, 6) is 0.781. The van der Waals surface area contributed by atoms with Crippen LogP contribution < -0.4 is 10.1 Å². The fourth-order valence-corrected chi connectivity index (χ4v) is 1.50. The lowest BCUT2D eigenvalue weighted by molar-refractivity contribution is 0.102. The topological polar surface area (TPSA) is 50.7 Å². The predicted octanol–water partition coefficient (Wildman–Crippen LogP) is 1.44. The van der Waals surface area contributed by atoms with Crippen LogP contribution in [-0.4, -0.2) is 44.1 Å². The molecule has 1 rings (SSSR count). The molecule has 0 radical (unpaired) electrons. The molecule has 4 heteroatoms. The maximum absolute atomic E-state index is 9.77. The van der Waals surface area contributed by atoms with E-state index in [1.807, 2.05) is 30.3 Å². The fraction of sp³-hybridized carbons (Fsp3) is 0.571. The molecule has 2 unspecified atom stereocenters. The summed E-state index contributed by atoms with van der Waals surface area (Å²) in [6.45, 7) is 3.63. The summed E-state index contributed by atoms with van der Waals surface area (Å²) in [5, 5.41) is 13.0. The molecular formula is C14H23NO3. The quantitative estimate of drug-likeness (QED) is 0.699. The van der Waals surface area contributed by atoms with Gasteiger partial charge >= 0.3 is 0 Å². The lowest BCUT2D eigenvalue weighted by atomic mass is 10.2. The first-order valence-corrected chi connectivity index (χ1v) is 6.30. The summed E-state index contributed by atoms with van der Waals surface area (Å²) in [5.41, 5.74) is 0. The van der Waals surface area contributed by atoms with Crippen LogP contribution in [0.1, 0.15) is 13.3 Å². The number of rotatable bonds is 9. The fourth-order valence-electron chi connectivity index (χ4n) is 1.50. The Morgan fingerprint density at radius 2 is 2.00 bits per heavy atom. The van der Waals surface area contributed by atoms with Gasteiger partial charge in [-0.25, -0.2) is 0 Å². The van der Waals surface area contributed by atoms with Gasteiger partial charge in [0.15, 0.2) is 0 Å². The Hall–Kier alpha value is -1.10. The molecule has 1 aromatic rings. The molecule has 102 valence electrons. The van der Waals surface area contributed by atoms with Crippen molar-refractivity contribution in [2.75, 3.05) is 26.9 Å². The average molecular weight is 253 g/mol. The minimum absolute atomic E-state index is 0.300. The molecule has 0 fully saturated rings. The third kappa shape index (κ3) is 6.59. The number of nitrogens with one attached hydrogen (secondary N) is 1. The van der Waals surface area contributed by atoms with Crippen LogP contribution in [0.3, 0.4) is 0 Å². The second-order valence-corrected chi connectivity index (χ2v) is 4.37. The Morgan fingerprint density at radius 3 is 2.67 bits per heavy atom. The second-order valence-electron chi connectivity index (χ2n) is 4.37. The molecule has 1 aromatic carbocycles. The first kappa shape index (κ1) is 15.0. The summed E-state index contributed by atoms with van der Waals surface area (Å²) >= 11 is 0. The Kier molecular flexibility index (Phi) is 7.41. The van der Waals surface area contributed by atoms with Crippen LogP contribution in [0.2, 0.25) is 0 Å². The van der Waals surface area contributed by atoms with Gasteiger partial charge in [0, 0.05) is 26.3 Å². The number of para-hydroxylation sites is 1.